The van der Waals surface area contributed by atoms with Gasteiger partial charge in [0, 0.05) is 12.6 Å². The molecule has 0 bridgehead atoms. The van der Waals surface area contributed by atoms with Gasteiger partial charge in [-0.1, -0.05) is 13.8 Å². The number of carboxylic acids is 1. The van der Waals surface area contributed by atoms with E-state index in [2.05, 4.69) is 17.6 Å². The fraction of sp³-hybridized carbons (Fsp3) is 0.833. The molecule has 0 aromatic carbocycles. The molecule has 0 spiro atoms. The molecule has 0 saturated carbocycles. The molecule has 3 unspecified atom stereocenters. The number of amides is 1. The molecule has 3 atom stereocenters. The summed E-state index contributed by atoms with van der Waals surface area (Å²) < 4.78 is 5.30. The summed E-state index contributed by atoms with van der Waals surface area (Å²) >= 11 is 0. The summed E-state index contributed by atoms with van der Waals surface area (Å²) in [6.07, 6.45) is 1.00. The van der Waals surface area contributed by atoms with Crippen molar-refractivity contribution in [3.63, 3.8) is 0 Å². The number of aliphatic carboxylic acids is 1. The summed E-state index contributed by atoms with van der Waals surface area (Å²) in [5.74, 6) is -1.83. The molecule has 1 rings (SSSR count). The number of carboxylic acid groups (broad SMARTS) is 1. The van der Waals surface area contributed by atoms with Crippen LogP contribution in [0.25, 0.3) is 0 Å². The van der Waals surface area contributed by atoms with Crippen LogP contribution in [0.15, 0.2) is 0 Å². The molecule has 1 saturated heterocycles. The zero-order chi connectivity index (χ0) is 13.5. The van der Waals surface area contributed by atoms with Crippen LogP contribution in [0.4, 0.5) is 0 Å². The molecule has 0 aromatic rings. The Hall–Kier alpha value is -1.14. The molecular formula is C12H22N2O4. The van der Waals surface area contributed by atoms with Crippen LogP contribution in [0.5, 0.6) is 0 Å². The van der Waals surface area contributed by atoms with E-state index in [1.165, 1.54) is 0 Å². The number of carbonyl (C=O) groups is 2. The second-order valence-corrected chi connectivity index (χ2v) is 4.69. The Bertz CT molecular complexity index is 296. The molecule has 18 heavy (non-hydrogen) atoms. The average molecular weight is 258 g/mol. The Kier molecular flexibility index (Phi) is 6.07. The lowest BCUT2D eigenvalue weighted by atomic mass is 10.0. The van der Waals surface area contributed by atoms with Crippen LogP contribution in [0.1, 0.15) is 20.3 Å². The van der Waals surface area contributed by atoms with E-state index < -0.39 is 11.9 Å². The molecule has 0 radical (unpaired) electrons. The third-order valence-electron chi connectivity index (χ3n) is 3.08. The highest BCUT2D eigenvalue weighted by atomic mass is 16.5. The molecule has 104 valence electrons. The van der Waals surface area contributed by atoms with Crippen molar-refractivity contribution in [1.82, 2.24) is 10.6 Å². The highest BCUT2D eigenvalue weighted by Gasteiger charge is 2.33. The molecule has 1 aliphatic heterocycles. The first-order chi connectivity index (χ1) is 8.56. The summed E-state index contributed by atoms with van der Waals surface area (Å²) in [5.41, 5.74) is 0. The Morgan fingerprint density at radius 1 is 1.44 bits per heavy atom. The zero-order valence-corrected chi connectivity index (χ0v) is 10.9. The summed E-state index contributed by atoms with van der Waals surface area (Å²) in [7, 11) is 0. The first-order valence-corrected chi connectivity index (χ1v) is 6.37. The Morgan fingerprint density at radius 3 is 2.78 bits per heavy atom. The minimum Gasteiger partial charge on any atom is -0.481 e. The fourth-order valence-electron chi connectivity index (χ4n) is 1.82. The van der Waals surface area contributed by atoms with Crippen LogP contribution < -0.4 is 10.6 Å². The summed E-state index contributed by atoms with van der Waals surface area (Å²) in [6.45, 7) is 5.57. The lowest BCUT2D eigenvalue weighted by molar-refractivity contribution is -0.141. The quantitative estimate of drug-likeness (QED) is 0.590. The van der Waals surface area contributed by atoms with Crippen LogP contribution in [-0.4, -0.2) is 49.3 Å². The topological polar surface area (TPSA) is 87.7 Å². The van der Waals surface area contributed by atoms with E-state index in [0.29, 0.717) is 13.2 Å². The van der Waals surface area contributed by atoms with Gasteiger partial charge in [0.2, 0.25) is 5.91 Å². The van der Waals surface area contributed by atoms with Crippen molar-refractivity contribution in [3.05, 3.63) is 0 Å². The van der Waals surface area contributed by atoms with Crippen LogP contribution >= 0.6 is 0 Å². The van der Waals surface area contributed by atoms with Gasteiger partial charge in [-0.3, -0.25) is 9.59 Å². The number of hydrogen-bond acceptors (Lipinski definition) is 4. The van der Waals surface area contributed by atoms with Crippen LogP contribution in [0.2, 0.25) is 0 Å². The largest absolute Gasteiger partial charge is 0.481 e. The maximum atomic E-state index is 11.9. The minimum absolute atomic E-state index is 0.0325. The standard InChI is InChI=1S/C12H22N2O4/c1-3-4-13-10-7-18-6-9(10)11(15)14-5-8(2)12(16)17/h8-10,13H,3-7H2,1-2H3,(H,14,15)(H,16,17). The van der Waals surface area contributed by atoms with Gasteiger partial charge in [0.25, 0.3) is 0 Å². The molecule has 0 aromatic heterocycles. The van der Waals surface area contributed by atoms with Gasteiger partial charge in [-0.25, -0.2) is 0 Å². The van der Waals surface area contributed by atoms with Crippen molar-refractivity contribution in [2.75, 3.05) is 26.3 Å². The highest BCUT2D eigenvalue weighted by molar-refractivity contribution is 5.80. The highest BCUT2D eigenvalue weighted by Crippen LogP contribution is 2.14. The van der Waals surface area contributed by atoms with Crippen molar-refractivity contribution >= 4 is 11.9 Å². The van der Waals surface area contributed by atoms with Gasteiger partial charge in [-0.05, 0) is 13.0 Å². The lowest BCUT2D eigenvalue weighted by Crippen LogP contribution is -2.45. The maximum Gasteiger partial charge on any atom is 0.308 e. The second-order valence-electron chi connectivity index (χ2n) is 4.69. The van der Waals surface area contributed by atoms with Crippen molar-refractivity contribution in [2.24, 2.45) is 11.8 Å². The fourth-order valence-corrected chi connectivity index (χ4v) is 1.82. The number of nitrogens with one attached hydrogen (secondary N) is 2. The van der Waals surface area contributed by atoms with Gasteiger partial charge in [-0.15, -0.1) is 0 Å². The van der Waals surface area contributed by atoms with Gasteiger partial charge in [0.15, 0.2) is 0 Å². The summed E-state index contributed by atoms with van der Waals surface area (Å²) in [5, 5.41) is 14.7. The predicted molar refractivity (Wildman–Crippen MR) is 66.2 cm³/mol. The minimum atomic E-state index is -0.904. The van der Waals surface area contributed by atoms with Crippen LogP contribution in [-0.2, 0) is 14.3 Å². The summed E-state index contributed by atoms with van der Waals surface area (Å²) in [6, 6.07) is 0.0325. The van der Waals surface area contributed by atoms with E-state index >= 15 is 0 Å². The molecule has 0 aliphatic carbocycles. The smallest absolute Gasteiger partial charge is 0.308 e. The molecule has 3 N–H and O–H groups in total. The number of carbonyl (C=O) groups excluding carboxylic acids is 1. The molecule has 1 heterocycles. The van der Waals surface area contributed by atoms with Crippen molar-refractivity contribution in [2.45, 2.75) is 26.3 Å². The Labute approximate surface area is 107 Å². The number of hydrogen-bond donors (Lipinski definition) is 3. The van der Waals surface area contributed by atoms with Gasteiger partial charge >= 0.3 is 5.97 Å². The third kappa shape index (κ3) is 4.27. The van der Waals surface area contributed by atoms with Crippen molar-refractivity contribution < 1.29 is 19.4 Å². The van der Waals surface area contributed by atoms with E-state index in [1.54, 1.807) is 6.92 Å². The summed E-state index contributed by atoms with van der Waals surface area (Å²) in [4.78, 5) is 22.6. The van der Waals surface area contributed by atoms with E-state index in [1.807, 2.05) is 0 Å². The lowest BCUT2D eigenvalue weighted by Gasteiger charge is -2.19. The van der Waals surface area contributed by atoms with Gasteiger partial charge in [-0.2, -0.15) is 0 Å². The van der Waals surface area contributed by atoms with Crippen LogP contribution in [0, 0.1) is 11.8 Å². The van der Waals surface area contributed by atoms with Gasteiger partial charge < -0.3 is 20.5 Å². The normalized spacial score (nSPS) is 24.8. The maximum absolute atomic E-state index is 11.9. The Morgan fingerprint density at radius 2 is 2.17 bits per heavy atom. The number of rotatable bonds is 7. The van der Waals surface area contributed by atoms with Crippen LogP contribution in [0.3, 0.4) is 0 Å². The van der Waals surface area contributed by atoms with Gasteiger partial charge in [0.1, 0.15) is 0 Å². The SMILES string of the molecule is CCCNC1COCC1C(=O)NCC(C)C(=O)O. The van der Waals surface area contributed by atoms with E-state index in [4.69, 9.17) is 9.84 Å². The molecular weight excluding hydrogens is 236 g/mol. The average Bonchev–Trinajstić information content (AvgIpc) is 2.81. The first kappa shape index (κ1) is 14.9. The molecule has 1 fully saturated rings. The number of ether oxygens (including phenoxy) is 1. The molecule has 1 aliphatic rings. The Balaban J connectivity index is 2.37. The zero-order valence-electron chi connectivity index (χ0n) is 10.9. The van der Waals surface area contributed by atoms with Crippen molar-refractivity contribution in [1.29, 1.82) is 0 Å². The third-order valence-corrected chi connectivity index (χ3v) is 3.08. The monoisotopic (exact) mass is 258 g/mol. The van der Waals surface area contributed by atoms with Crippen molar-refractivity contribution in [3.8, 4) is 0 Å². The van der Waals surface area contributed by atoms with E-state index in [9.17, 15) is 9.59 Å². The van der Waals surface area contributed by atoms with E-state index in [-0.39, 0.29) is 24.4 Å². The molecule has 6 heteroatoms. The van der Waals surface area contributed by atoms with E-state index in [0.717, 1.165) is 13.0 Å². The second kappa shape index (κ2) is 7.33. The predicted octanol–water partition coefficient (Wildman–Crippen LogP) is -0.162. The molecule has 1 amide bonds. The molecule has 6 nitrogen and oxygen atoms in total. The first-order valence-electron chi connectivity index (χ1n) is 6.37. The van der Waals surface area contributed by atoms with Gasteiger partial charge in [0.05, 0.1) is 25.0 Å².